The molecule has 0 atom stereocenters. The van der Waals surface area contributed by atoms with E-state index in [2.05, 4.69) is 254 Å². The van der Waals surface area contributed by atoms with Crippen LogP contribution in [0.2, 0.25) is 0 Å². The molecule has 0 aromatic heterocycles. The van der Waals surface area contributed by atoms with Crippen molar-refractivity contribution in [2.24, 2.45) is 0 Å². The predicted molar refractivity (Wildman–Crippen MR) is 489 cm³/mol. The van der Waals surface area contributed by atoms with Crippen LogP contribution in [0, 0.1) is 0 Å². The lowest BCUT2D eigenvalue weighted by Crippen LogP contribution is -2.16. The number of rotatable bonds is 10. The zero-order valence-electron chi connectivity index (χ0n) is 75.9. The van der Waals surface area contributed by atoms with Crippen LogP contribution in [0.25, 0.3) is 0 Å². The third-order valence-electron chi connectivity index (χ3n) is 22.2. The number of para-hydroxylation sites is 4. The first kappa shape index (κ1) is 91.7. The van der Waals surface area contributed by atoms with Crippen molar-refractivity contribution in [2.45, 2.75) is 223 Å². The topological polar surface area (TPSA) is 148 Å². The van der Waals surface area contributed by atoms with Gasteiger partial charge < -0.3 is 75.8 Å². The molecule has 20 rings (SSSR count). The predicted octanol–water partition coefficient (Wildman–Crippen LogP) is 26.3. The maximum absolute atomic E-state index is 5.59. The van der Waals surface area contributed by atoms with E-state index in [1.54, 1.807) is 0 Å². The second-order valence-electron chi connectivity index (χ2n) is 34.5. The van der Waals surface area contributed by atoms with Crippen LogP contribution in [-0.2, 0) is 25.7 Å². The first-order valence-electron chi connectivity index (χ1n) is 44.1. The van der Waals surface area contributed by atoms with Crippen molar-refractivity contribution in [1.29, 1.82) is 0 Å². The summed E-state index contributed by atoms with van der Waals surface area (Å²) in [5.74, 6) is 20.6. The molecule has 652 valence electrons. The summed E-state index contributed by atoms with van der Waals surface area (Å²) < 4.78 is 86.2. The molecular formula is C106H132O16. The van der Waals surface area contributed by atoms with Crippen molar-refractivity contribution < 1.29 is 75.8 Å². The maximum atomic E-state index is 5.59. The van der Waals surface area contributed by atoms with E-state index >= 15 is 0 Å². The van der Waals surface area contributed by atoms with E-state index < -0.39 is 0 Å². The second kappa shape index (κ2) is 44.7. The molecule has 10 aliphatic heterocycles. The highest BCUT2D eigenvalue weighted by molar-refractivity contribution is 5.54. The molecule has 0 unspecified atom stereocenters. The molecule has 122 heavy (non-hydrogen) atoms. The average molecular weight is 1660 g/mol. The molecule has 16 nitrogen and oxygen atoms in total. The van der Waals surface area contributed by atoms with E-state index in [0.717, 1.165) is 144 Å². The zero-order valence-corrected chi connectivity index (χ0v) is 75.9. The normalized spacial score (nSPS) is 14.3. The molecule has 0 N–H and O–H groups in total. The second-order valence-corrected chi connectivity index (χ2v) is 34.5. The summed E-state index contributed by atoms with van der Waals surface area (Å²) in [6, 6.07) is 62.4. The first-order chi connectivity index (χ1) is 58.8. The number of ether oxygens (including phenoxy) is 16. The van der Waals surface area contributed by atoms with Crippen LogP contribution in [0.5, 0.6) is 92.0 Å². The third kappa shape index (κ3) is 24.9. The summed E-state index contributed by atoms with van der Waals surface area (Å²) >= 11 is 0. The van der Waals surface area contributed by atoms with Crippen LogP contribution < -0.4 is 75.8 Å². The molecule has 0 radical (unpaired) electrons. The summed E-state index contributed by atoms with van der Waals surface area (Å²) in [6.45, 7) is 51.2. The number of hydrogen-bond acceptors (Lipinski definition) is 16. The van der Waals surface area contributed by atoms with Crippen molar-refractivity contribution >= 4 is 0 Å². The van der Waals surface area contributed by atoms with Gasteiger partial charge >= 0.3 is 0 Å². The highest BCUT2D eigenvalue weighted by atomic mass is 16.7. The molecule has 10 heterocycles. The highest BCUT2D eigenvalue weighted by Gasteiger charge is 2.25. The van der Waals surface area contributed by atoms with Crippen LogP contribution in [0.3, 0.4) is 0 Å². The Morgan fingerprint density at radius 1 is 0.172 bits per heavy atom. The van der Waals surface area contributed by atoms with Crippen molar-refractivity contribution in [3.63, 3.8) is 0 Å². The molecule has 0 spiro atoms. The Morgan fingerprint density at radius 2 is 0.459 bits per heavy atom. The SMILES string of the molecule is CC(C)c1ccc2c(c1)CCO2.CC(C)c1ccc2c(c1)OCC2.CC(C)c1ccc2c(c1)OCCO2.CC(C)c1ccc2c(c1)OCO2.CC(C)c1ccc2c(c1)OCO2.CC(C)c1cccc2c1CCO2.CC(C)c1cccc2c1OCC2.CC(C)c1cccc2c1OCCO2.CC(C)c1cccc2c1OCO2.CC(C)c1cccc2c1OCO2. The van der Waals surface area contributed by atoms with Crippen molar-refractivity contribution in [3.8, 4) is 92.0 Å². The standard InChI is InChI=1S/2C11H14O2.4C11H14O.4C10H12O2/c1-8(2)9-3-4-10-11(7-9)13-6-5-12-10;1-8(2)9-4-3-5-10-11(9)13-7-6-12-10;1-8(2)9-3-4-11-10(7-9)5-6-12-11;1-8(2)10-4-3-9-5-6-12-11(9)7-10;1-8(2)9-4-3-5-11-10(9)6-7-12-11;1-8(2)10-5-3-4-9-6-7-12-11(9)10;2*1-7(2)8-3-4-9-10(5-8)12-6-11-9;2*1-7(2)8-4-3-5-9-10(8)12-6-11-9/h3-4,7-8H,5-6H2,1-2H3;3-5,8H,6-7H2,1-2H3;2*3-4,7-8H,5-6H2,1-2H3;2*3-5,8H,6-7H2,1-2H3;4*3-5,7H,6H2,1-2H3. The number of fused-ring (bicyclic) bond motifs is 10. The van der Waals surface area contributed by atoms with E-state index in [9.17, 15) is 0 Å². The molecule has 16 heteroatoms. The quantitative estimate of drug-likeness (QED) is 0.128. The van der Waals surface area contributed by atoms with Gasteiger partial charge in [0.1, 0.15) is 49.4 Å². The molecule has 0 aliphatic carbocycles. The molecule has 0 saturated heterocycles. The van der Waals surface area contributed by atoms with Gasteiger partial charge in [0.2, 0.25) is 27.2 Å². The largest absolute Gasteiger partial charge is 0.493 e. The molecule has 10 aromatic carbocycles. The minimum atomic E-state index is 0.358. The maximum Gasteiger partial charge on any atom is 0.231 e. The molecule has 0 bridgehead atoms. The number of benzene rings is 10. The van der Waals surface area contributed by atoms with Gasteiger partial charge in [-0.3, -0.25) is 0 Å². The molecular weight excluding hydrogens is 1530 g/mol. The van der Waals surface area contributed by atoms with Crippen LogP contribution in [0.15, 0.2) is 182 Å². The summed E-state index contributed by atoms with van der Waals surface area (Å²) in [5, 5.41) is 0. The molecule has 10 aliphatic rings. The van der Waals surface area contributed by atoms with Gasteiger partial charge in [-0.1, -0.05) is 248 Å². The van der Waals surface area contributed by atoms with Gasteiger partial charge in [-0.2, -0.15) is 0 Å². The molecule has 0 amide bonds. The van der Waals surface area contributed by atoms with Crippen LogP contribution in [0.4, 0.5) is 0 Å². The minimum Gasteiger partial charge on any atom is -0.493 e. The van der Waals surface area contributed by atoms with Gasteiger partial charge in [-0.05, 0) is 188 Å². The monoisotopic (exact) mass is 1660 g/mol. The van der Waals surface area contributed by atoms with Gasteiger partial charge in [0, 0.05) is 47.9 Å². The van der Waals surface area contributed by atoms with Crippen molar-refractivity contribution in [2.75, 3.05) is 80.0 Å². The Hall–Kier alpha value is -11.0. The van der Waals surface area contributed by atoms with Crippen molar-refractivity contribution in [1.82, 2.24) is 0 Å². The summed E-state index contributed by atoms with van der Waals surface area (Å²) in [6.07, 6.45) is 4.32. The van der Waals surface area contributed by atoms with Crippen LogP contribution >= 0.6 is 0 Å². The van der Waals surface area contributed by atoms with E-state index in [0.29, 0.717) is 113 Å². The Labute approximate surface area is 727 Å². The highest BCUT2D eigenvalue weighted by Crippen LogP contribution is 2.44. The fraction of sp³-hybridized carbons (Fsp3) is 0.434. The van der Waals surface area contributed by atoms with E-state index in [-0.39, 0.29) is 0 Å². The summed E-state index contributed by atoms with van der Waals surface area (Å²) in [5.41, 5.74) is 18.7. The van der Waals surface area contributed by atoms with Crippen LogP contribution in [0.1, 0.15) is 276 Å². The minimum absolute atomic E-state index is 0.358. The van der Waals surface area contributed by atoms with E-state index in [4.69, 9.17) is 75.8 Å². The Kier molecular flexibility index (Phi) is 33.6. The Morgan fingerprint density at radius 3 is 0.943 bits per heavy atom. The van der Waals surface area contributed by atoms with Gasteiger partial charge in [0.05, 0.1) is 26.4 Å². The lowest BCUT2D eigenvalue weighted by molar-refractivity contribution is 0.169. The fourth-order valence-corrected chi connectivity index (χ4v) is 14.9. The third-order valence-corrected chi connectivity index (χ3v) is 22.2. The van der Waals surface area contributed by atoms with Gasteiger partial charge in [-0.15, -0.1) is 0 Å². The van der Waals surface area contributed by atoms with Gasteiger partial charge in [0.15, 0.2) is 69.0 Å². The first-order valence-corrected chi connectivity index (χ1v) is 44.1. The zero-order chi connectivity index (χ0) is 86.9. The fourth-order valence-electron chi connectivity index (χ4n) is 14.9. The lowest BCUT2D eigenvalue weighted by atomic mass is 9.96. The van der Waals surface area contributed by atoms with Gasteiger partial charge in [0.25, 0.3) is 0 Å². The summed E-state index contributed by atoms with van der Waals surface area (Å²) in [4.78, 5) is 0. The van der Waals surface area contributed by atoms with E-state index in [1.165, 1.54) is 77.9 Å². The molecule has 10 aromatic rings. The lowest BCUT2D eigenvalue weighted by Gasteiger charge is -2.22. The smallest absolute Gasteiger partial charge is 0.231 e. The van der Waals surface area contributed by atoms with E-state index in [1.807, 2.05) is 66.7 Å². The average Bonchev–Trinajstić information content (AvgIpc) is 1.16. The van der Waals surface area contributed by atoms with Crippen LogP contribution in [-0.4, -0.2) is 80.0 Å². The molecule has 0 saturated carbocycles. The Balaban J connectivity index is 0.000000132. The van der Waals surface area contributed by atoms with Crippen molar-refractivity contribution in [3.05, 3.63) is 260 Å². The molecule has 0 fully saturated rings. The number of hydrogen-bond donors (Lipinski definition) is 0. The Bertz CT molecular complexity index is 4500. The summed E-state index contributed by atoms with van der Waals surface area (Å²) in [7, 11) is 0. The van der Waals surface area contributed by atoms with Gasteiger partial charge in [-0.25, -0.2) is 0 Å².